The van der Waals surface area contributed by atoms with Gasteiger partial charge in [0.05, 0.1) is 42.2 Å². The topological polar surface area (TPSA) is 76.2 Å². The second-order valence-electron chi connectivity index (χ2n) is 6.87. The number of morpholine rings is 1. The van der Waals surface area contributed by atoms with E-state index in [4.69, 9.17) is 4.74 Å². The first-order chi connectivity index (χ1) is 14.0. The van der Waals surface area contributed by atoms with Gasteiger partial charge in [0.2, 0.25) is 0 Å². The maximum atomic E-state index is 12.7. The first kappa shape index (κ1) is 19.1. The van der Waals surface area contributed by atoms with Crippen LogP contribution in [0.25, 0.3) is 10.9 Å². The molecule has 29 heavy (non-hydrogen) atoms. The third-order valence-corrected chi connectivity index (χ3v) is 4.76. The minimum absolute atomic E-state index is 0.0301. The smallest absolute Gasteiger partial charge is 0.387 e. The zero-order chi connectivity index (χ0) is 20.4. The van der Waals surface area contributed by atoms with Gasteiger partial charge in [0, 0.05) is 30.9 Å². The lowest BCUT2D eigenvalue weighted by Gasteiger charge is -2.35. The van der Waals surface area contributed by atoms with E-state index in [0.29, 0.717) is 48.4 Å². The summed E-state index contributed by atoms with van der Waals surface area (Å²) < 4.78 is 37.6. The molecule has 150 valence electrons. The van der Waals surface area contributed by atoms with Crippen LogP contribution in [0.2, 0.25) is 0 Å². The Labute approximate surface area is 166 Å². The Kier molecular flexibility index (Phi) is 5.27. The molecule has 0 saturated carbocycles. The highest BCUT2D eigenvalue weighted by Crippen LogP contribution is 2.33. The molecule has 1 fully saturated rings. The molecule has 1 aliphatic rings. The van der Waals surface area contributed by atoms with Crippen LogP contribution in [0.5, 0.6) is 5.75 Å². The molecule has 1 unspecified atom stereocenters. The highest BCUT2D eigenvalue weighted by molar-refractivity contribution is 5.95. The number of fused-ring (bicyclic) bond motifs is 1. The van der Waals surface area contributed by atoms with Gasteiger partial charge in [-0.25, -0.2) is 0 Å². The standard InChI is InChI=1S/C20H19F2N5O2/c1-13-8-25-27(10-13)12-16-11-26(4-5-28-16)19-14(7-23)9-24-18-3-2-15(6-17(18)19)29-20(21)22/h2-3,6,8-10,16,20H,4-5,11-12H2,1H3. The Bertz CT molecular complexity index is 1060. The van der Waals surface area contributed by atoms with E-state index in [9.17, 15) is 14.0 Å². The first-order valence-electron chi connectivity index (χ1n) is 9.17. The maximum absolute atomic E-state index is 12.7. The molecule has 4 rings (SSSR count). The highest BCUT2D eigenvalue weighted by Gasteiger charge is 2.25. The third-order valence-electron chi connectivity index (χ3n) is 4.76. The molecule has 3 aromatic rings. The predicted molar refractivity (Wildman–Crippen MR) is 102 cm³/mol. The summed E-state index contributed by atoms with van der Waals surface area (Å²) in [5.74, 6) is 0.0301. The van der Waals surface area contributed by atoms with Gasteiger partial charge >= 0.3 is 6.61 Å². The monoisotopic (exact) mass is 399 g/mol. The summed E-state index contributed by atoms with van der Waals surface area (Å²) in [5.41, 5.74) is 2.70. The van der Waals surface area contributed by atoms with Crippen molar-refractivity contribution < 1.29 is 18.3 Å². The fourth-order valence-corrected chi connectivity index (χ4v) is 3.56. The normalized spacial score (nSPS) is 16.9. The van der Waals surface area contributed by atoms with Crippen molar-refractivity contribution >= 4 is 16.6 Å². The molecule has 1 atom stereocenters. The van der Waals surface area contributed by atoms with Crippen molar-refractivity contribution in [1.82, 2.24) is 14.8 Å². The van der Waals surface area contributed by atoms with E-state index >= 15 is 0 Å². The van der Waals surface area contributed by atoms with E-state index in [1.807, 2.05) is 22.7 Å². The number of ether oxygens (including phenoxy) is 2. The van der Waals surface area contributed by atoms with Crippen LogP contribution in [0.15, 0.2) is 36.8 Å². The molecule has 0 aliphatic carbocycles. The second kappa shape index (κ2) is 8.01. The van der Waals surface area contributed by atoms with Gasteiger partial charge in [-0.3, -0.25) is 9.67 Å². The van der Waals surface area contributed by atoms with Crippen LogP contribution >= 0.6 is 0 Å². The van der Waals surface area contributed by atoms with Crippen LogP contribution in [0, 0.1) is 18.3 Å². The van der Waals surface area contributed by atoms with E-state index in [0.717, 1.165) is 5.56 Å². The second-order valence-corrected chi connectivity index (χ2v) is 6.87. The lowest BCUT2D eigenvalue weighted by molar-refractivity contribution is -0.0497. The van der Waals surface area contributed by atoms with Crippen LogP contribution < -0.4 is 9.64 Å². The first-order valence-corrected chi connectivity index (χ1v) is 9.17. The summed E-state index contributed by atoms with van der Waals surface area (Å²) in [6.07, 6.45) is 5.11. The number of pyridine rings is 1. The number of aryl methyl sites for hydroxylation is 1. The zero-order valence-electron chi connectivity index (χ0n) is 15.8. The molecule has 0 bridgehead atoms. The molecular weight excluding hydrogens is 380 g/mol. The fraction of sp³-hybridized carbons (Fsp3) is 0.350. The summed E-state index contributed by atoms with van der Waals surface area (Å²) in [7, 11) is 0. The van der Waals surface area contributed by atoms with Crippen LogP contribution in [-0.4, -0.2) is 47.2 Å². The van der Waals surface area contributed by atoms with Gasteiger partial charge in [-0.05, 0) is 30.7 Å². The third kappa shape index (κ3) is 4.12. The fourth-order valence-electron chi connectivity index (χ4n) is 3.56. The van der Waals surface area contributed by atoms with Gasteiger partial charge in [-0.1, -0.05) is 0 Å². The number of nitriles is 1. The Balaban J connectivity index is 1.68. The number of alkyl halides is 2. The van der Waals surface area contributed by atoms with Crippen molar-refractivity contribution in [1.29, 1.82) is 5.26 Å². The zero-order valence-corrected chi connectivity index (χ0v) is 15.8. The molecule has 0 N–H and O–H groups in total. The Morgan fingerprint density at radius 1 is 1.38 bits per heavy atom. The van der Waals surface area contributed by atoms with Crippen LogP contribution in [0.3, 0.4) is 0 Å². The van der Waals surface area contributed by atoms with E-state index in [1.54, 1.807) is 12.3 Å². The van der Waals surface area contributed by atoms with Gasteiger partial charge in [-0.15, -0.1) is 0 Å². The molecule has 0 radical (unpaired) electrons. The maximum Gasteiger partial charge on any atom is 0.387 e. The van der Waals surface area contributed by atoms with Gasteiger partial charge in [0.25, 0.3) is 0 Å². The number of hydrogen-bond acceptors (Lipinski definition) is 6. The van der Waals surface area contributed by atoms with Crippen molar-refractivity contribution in [2.75, 3.05) is 24.6 Å². The summed E-state index contributed by atoms with van der Waals surface area (Å²) in [5, 5.41) is 14.5. The van der Waals surface area contributed by atoms with E-state index in [-0.39, 0.29) is 11.9 Å². The van der Waals surface area contributed by atoms with E-state index < -0.39 is 6.61 Å². The number of halogens is 2. The van der Waals surface area contributed by atoms with Gasteiger partial charge in [0.1, 0.15) is 11.8 Å². The van der Waals surface area contributed by atoms with Crippen molar-refractivity contribution in [3.63, 3.8) is 0 Å². The molecule has 1 saturated heterocycles. The number of benzene rings is 1. The van der Waals surface area contributed by atoms with Crippen molar-refractivity contribution in [2.45, 2.75) is 26.2 Å². The SMILES string of the molecule is Cc1cnn(CC2CN(c3c(C#N)cnc4ccc(OC(F)F)cc34)CCO2)c1. The van der Waals surface area contributed by atoms with E-state index in [1.165, 1.54) is 18.3 Å². The number of anilines is 1. The Morgan fingerprint density at radius 3 is 2.97 bits per heavy atom. The summed E-state index contributed by atoms with van der Waals surface area (Å²) in [4.78, 5) is 6.32. The van der Waals surface area contributed by atoms with Gasteiger partial charge < -0.3 is 14.4 Å². The number of hydrogen-bond donors (Lipinski definition) is 0. The highest BCUT2D eigenvalue weighted by atomic mass is 19.3. The molecule has 0 spiro atoms. The minimum Gasteiger partial charge on any atom is -0.435 e. The van der Waals surface area contributed by atoms with Crippen LogP contribution in [0.1, 0.15) is 11.1 Å². The summed E-state index contributed by atoms with van der Waals surface area (Å²) in [6.45, 7) is 1.21. The van der Waals surface area contributed by atoms with Gasteiger partial charge in [-0.2, -0.15) is 19.1 Å². The average Bonchev–Trinajstić information content (AvgIpc) is 3.11. The summed E-state index contributed by atoms with van der Waals surface area (Å²) >= 11 is 0. The molecule has 1 aliphatic heterocycles. The summed E-state index contributed by atoms with van der Waals surface area (Å²) in [6, 6.07) is 6.72. The molecular formula is C20H19F2N5O2. The lowest BCUT2D eigenvalue weighted by Crippen LogP contribution is -2.44. The quantitative estimate of drug-likeness (QED) is 0.656. The van der Waals surface area contributed by atoms with Gasteiger partial charge in [0.15, 0.2) is 0 Å². The molecule has 2 aromatic heterocycles. The number of nitrogens with zero attached hydrogens (tertiary/aromatic N) is 5. The minimum atomic E-state index is -2.92. The molecule has 9 heteroatoms. The van der Waals surface area contributed by atoms with E-state index in [2.05, 4.69) is 20.9 Å². The van der Waals surface area contributed by atoms with Crippen molar-refractivity contribution in [3.8, 4) is 11.8 Å². The van der Waals surface area contributed by atoms with Crippen LogP contribution in [-0.2, 0) is 11.3 Å². The average molecular weight is 399 g/mol. The van der Waals surface area contributed by atoms with Crippen molar-refractivity contribution in [3.05, 3.63) is 47.9 Å². The number of rotatable bonds is 5. The molecule has 0 amide bonds. The Morgan fingerprint density at radius 2 is 2.24 bits per heavy atom. The molecule has 1 aromatic carbocycles. The molecule has 3 heterocycles. The molecule has 7 nitrogen and oxygen atoms in total. The van der Waals surface area contributed by atoms with Crippen LogP contribution in [0.4, 0.5) is 14.5 Å². The predicted octanol–water partition coefficient (Wildman–Crippen LogP) is 3.12. The Hall–Kier alpha value is -3.25. The lowest BCUT2D eigenvalue weighted by atomic mass is 10.1. The van der Waals surface area contributed by atoms with Crippen molar-refractivity contribution in [2.24, 2.45) is 0 Å². The largest absolute Gasteiger partial charge is 0.435 e. The number of aromatic nitrogens is 3.